The van der Waals surface area contributed by atoms with Gasteiger partial charge in [-0.15, -0.1) is 22.2 Å². The molecule has 0 aliphatic heterocycles. The summed E-state index contributed by atoms with van der Waals surface area (Å²) in [6, 6.07) is 0.522. The van der Waals surface area contributed by atoms with Crippen molar-refractivity contribution in [2.24, 2.45) is 0 Å². The number of halogens is 2. The molecule has 9 heavy (non-hydrogen) atoms. The highest BCUT2D eigenvalue weighted by Gasteiger charge is 2.21. The summed E-state index contributed by atoms with van der Waals surface area (Å²) in [5, 5.41) is 16.8. The first-order valence-electron chi connectivity index (χ1n) is 2.66. The molecule has 0 fully saturated rings. The molecule has 2 N–H and O–H groups in total. The second-order valence-corrected chi connectivity index (χ2v) is 10.3. The SMILES string of the molecule is C[Si](Cl)(Cl)CCC(O)O. The molecule has 0 unspecified atom stereocenters. The minimum atomic E-state index is -2.10. The Morgan fingerprint density at radius 1 is 1.44 bits per heavy atom. The van der Waals surface area contributed by atoms with Gasteiger partial charge in [-0.25, -0.2) is 0 Å². The third kappa shape index (κ3) is 8.72. The van der Waals surface area contributed by atoms with E-state index in [1.54, 1.807) is 6.55 Å². The molecule has 0 saturated heterocycles. The first kappa shape index (κ1) is 9.72. The van der Waals surface area contributed by atoms with Crippen LogP contribution in [-0.2, 0) is 0 Å². The fourth-order valence-corrected chi connectivity index (χ4v) is 1.80. The Labute approximate surface area is 64.8 Å². The largest absolute Gasteiger partial charge is 0.368 e. The average molecular weight is 189 g/mol. The molecule has 0 rings (SSSR count). The Morgan fingerprint density at radius 2 is 1.89 bits per heavy atom. The molecule has 0 spiro atoms. The summed E-state index contributed by atoms with van der Waals surface area (Å²) in [4.78, 5) is 0. The molecule has 0 aliphatic rings. The summed E-state index contributed by atoms with van der Waals surface area (Å²) in [5.41, 5.74) is 0. The quantitative estimate of drug-likeness (QED) is 0.398. The molecule has 0 atom stereocenters. The Bertz CT molecular complexity index is 81.1. The van der Waals surface area contributed by atoms with Crippen molar-refractivity contribution < 1.29 is 10.2 Å². The van der Waals surface area contributed by atoms with E-state index in [-0.39, 0.29) is 6.42 Å². The van der Waals surface area contributed by atoms with Crippen molar-refractivity contribution in [3.8, 4) is 0 Å². The van der Waals surface area contributed by atoms with Crippen molar-refractivity contribution in [2.45, 2.75) is 25.3 Å². The van der Waals surface area contributed by atoms with Gasteiger partial charge in [0, 0.05) is 0 Å². The Hall–Kier alpha value is 0.717. The van der Waals surface area contributed by atoms with Gasteiger partial charge < -0.3 is 10.2 Å². The third-order valence-corrected chi connectivity index (χ3v) is 3.14. The van der Waals surface area contributed by atoms with Gasteiger partial charge in [0.1, 0.15) is 0 Å². The van der Waals surface area contributed by atoms with Gasteiger partial charge in [-0.1, -0.05) is 0 Å². The number of hydrogen-bond donors (Lipinski definition) is 2. The van der Waals surface area contributed by atoms with Gasteiger partial charge in [-0.2, -0.15) is 0 Å². The van der Waals surface area contributed by atoms with Crippen LogP contribution in [0.15, 0.2) is 0 Å². The molecule has 0 saturated carbocycles. The molecule has 0 aromatic carbocycles. The fraction of sp³-hybridized carbons (Fsp3) is 1.00. The normalized spacial score (nSPS) is 12.7. The second-order valence-electron chi connectivity index (χ2n) is 2.09. The van der Waals surface area contributed by atoms with Crippen molar-refractivity contribution in [2.75, 3.05) is 0 Å². The van der Waals surface area contributed by atoms with Gasteiger partial charge in [0.25, 0.3) is 0 Å². The summed E-state index contributed by atoms with van der Waals surface area (Å²) in [6.45, 7) is -0.347. The molecular weight excluding hydrogens is 179 g/mol. The number of rotatable bonds is 3. The van der Waals surface area contributed by atoms with E-state index in [4.69, 9.17) is 32.4 Å². The molecule has 0 bridgehead atoms. The molecular formula is C4H10Cl2O2Si. The van der Waals surface area contributed by atoms with Crippen LogP contribution < -0.4 is 0 Å². The summed E-state index contributed by atoms with van der Waals surface area (Å²) < 4.78 is 0. The summed E-state index contributed by atoms with van der Waals surface area (Å²) in [6.07, 6.45) is -0.996. The van der Waals surface area contributed by atoms with Crippen LogP contribution in [0.1, 0.15) is 6.42 Å². The van der Waals surface area contributed by atoms with E-state index in [2.05, 4.69) is 0 Å². The number of hydrogen-bond acceptors (Lipinski definition) is 2. The Kier molecular flexibility index (Phi) is 4.08. The maximum absolute atomic E-state index is 8.38. The monoisotopic (exact) mass is 188 g/mol. The van der Waals surface area contributed by atoms with E-state index in [1.165, 1.54) is 0 Å². The minimum absolute atomic E-state index is 0.274. The van der Waals surface area contributed by atoms with Gasteiger partial charge in [0.2, 0.25) is 6.69 Å². The highest BCUT2D eigenvalue weighted by atomic mass is 35.7. The minimum Gasteiger partial charge on any atom is -0.368 e. The lowest BCUT2D eigenvalue weighted by atomic mass is 10.5. The zero-order valence-corrected chi connectivity index (χ0v) is 7.65. The number of aliphatic hydroxyl groups is 2. The van der Waals surface area contributed by atoms with Gasteiger partial charge in [-0.3, -0.25) is 0 Å². The van der Waals surface area contributed by atoms with Crippen LogP contribution in [0, 0.1) is 0 Å². The van der Waals surface area contributed by atoms with Crippen LogP contribution in [0.3, 0.4) is 0 Å². The molecule has 0 heterocycles. The maximum atomic E-state index is 8.38. The highest BCUT2D eigenvalue weighted by Crippen LogP contribution is 2.21. The molecule has 0 aliphatic carbocycles. The topological polar surface area (TPSA) is 40.5 Å². The van der Waals surface area contributed by atoms with Crippen LogP contribution in [0.25, 0.3) is 0 Å². The predicted octanol–water partition coefficient (Wildman–Crippen LogP) is 1.24. The van der Waals surface area contributed by atoms with Crippen molar-refractivity contribution >= 4 is 28.9 Å². The molecule has 0 radical (unpaired) electrons. The second kappa shape index (κ2) is 3.78. The maximum Gasteiger partial charge on any atom is 0.248 e. The lowest BCUT2D eigenvalue weighted by Gasteiger charge is -2.09. The predicted molar refractivity (Wildman–Crippen MR) is 41.0 cm³/mol. The van der Waals surface area contributed by atoms with Gasteiger partial charge in [0.15, 0.2) is 6.29 Å². The molecule has 5 heteroatoms. The van der Waals surface area contributed by atoms with Crippen molar-refractivity contribution in [1.82, 2.24) is 0 Å². The van der Waals surface area contributed by atoms with E-state index in [0.29, 0.717) is 6.04 Å². The van der Waals surface area contributed by atoms with Crippen LogP contribution >= 0.6 is 22.2 Å². The standard InChI is InChI=1S/C4H10Cl2O2Si/c1-9(5,6)3-2-4(7)8/h4,7-8H,2-3H2,1H3. The molecule has 56 valence electrons. The average Bonchev–Trinajstić information content (AvgIpc) is 1.59. The number of aliphatic hydroxyl groups excluding tert-OH is 1. The van der Waals surface area contributed by atoms with E-state index >= 15 is 0 Å². The Balaban J connectivity index is 3.28. The van der Waals surface area contributed by atoms with Gasteiger partial charge >= 0.3 is 0 Å². The van der Waals surface area contributed by atoms with E-state index in [9.17, 15) is 0 Å². The smallest absolute Gasteiger partial charge is 0.248 e. The molecule has 2 nitrogen and oxygen atoms in total. The first-order chi connectivity index (χ1) is 3.92. The zero-order valence-electron chi connectivity index (χ0n) is 5.14. The fourth-order valence-electron chi connectivity index (χ4n) is 0.383. The van der Waals surface area contributed by atoms with Crippen LogP contribution in [-0.4, -0.2) is 23.2 Å². The van der Waals surface area contributed by atoms with E-state index in [0.717, 1.165) is 0 Å². The van der Waals surface area contributed by atoms with Gasteiger partial charge in [0.05, 0.1) is 0 Å². The van der Waals surface area contributed by atoms with Crippen LogP contribution in [0.5, 0.6) is 0 Å². The van der Waals surface area contributed by atoms with Crippen molar-refractivity contribution in [3.05, 3.63) is 0 Å². The van der Waals surface area contributed by atoms with Gasteiger partial charge in [-0.05, 0) is 19.0 Å². The highest BCUT2D eigenvalue weighted by molar-refractivity contribution is 7.44. The lowest BCUT2D eigenvalue weighted by molar-refractivity contribution is -0.0414. The third-order valence-electron chi connectivity index (χ3n) is 0.842. The van der Waals surface area contributed by atoms with E-state index in [1.807, 2.05) is 0 Å². The first-order valence-corrected chi connectivity index (χ1v) is 7.39. The van der Waals surface area contributed by atoms with E-state index < -0.39 is 13.0 Å². The Morgan fingerprint density at radius 3 is 2.00 bits per heavy atom. The summed E-state index contributed by atoms with van der Waals surface area (Å²) in [5.74, 6) is 0. The summed E-state index contributed by atoms with van der Waals surface area (Å²) >= 11 is 11.3. The molecule has 0 aromatic heterocycles. The lowest BCUT2D eigenvalue weighted by Crippen LogP contribution is -2.16. The van der Waals surface area contributed by atoms with Crippen LogP contribution in [0.2, 0.25) is 12.6 Å². The molecule has 0 aromatic rings. The van der Waals surface area contributed by atoms with Crippen molar-refractivity contribution in [3.63, 3.8) is 0 Å². The molecule has 0 amide bonds. The van der Waals surface area contributed by atoms with Crippen LogP contribution in [0.4, 0.5) is 0 Å². The summed E-state index contributed by atoms with van der Waals surface area (Å²) in [7, 11) is 0. The zero-order chi connectivity index (χ0) is 7.49. The van der Waals surface area contributed by atoms with Crippen molar-refractivity contribution in [1.29, 1.82) is 0 Å².